The average Bonchev–Trinajstić information content (AvgIpc) is 2.61. The van der Waals surface area contributed by atoms with Crippen molar-refractivity contribution in [2.75, 3.05) is 40.3 Å². The lowest BCUT2D eigenvalue weighted by Crippen LogP contribution is -2.53. The van der Waals surface area contributed by atoms with E-state index in [1.807, 2.05) is 37.3 Å². The number of hydrogen-bond acceptors (Lipinski definition) is 3. The molecule has 0 saturated carbocycles. The van der Waals surface area contributed by atoms with Crippen LogP contribution in [-0.4, -0.2) is 61.7 Å². The van der Waals surface area contributed by atoms with Gasteiger partial charge in [0.25, 0.3) is 0 Å². The minimum atomic E-state index is -0.728. The van der Waals surface area contributed by atoms with Crippen molar-refractivity contribution in [1.29, 1.82) is 0 Å². The summed E-state index contributed by atoms with van der Waals surface area (Å²) >= 11 is 0. The first kappa shape index (κ1) is 19.9. The number of likely N-dealkylation sites (tertiary alicyclic amines) is 1. The van der Waals surface area contributed by atoms with Gasteiger partial charge in [0.05, 0.1) is 27.2 Å². The summed E-state index contributed by atoms with van der Waals surface area (Å²) in [6.07, 6.45) is 2.95. The summed E-state index contributed by atoms with van der Waals surface area (Å²) in [6, 6.07) is 10.1. The van der Waals surface area contributed by atoms with Crippen molar-refractivity contribution >= 4 is 5.97 Å². The molecule has 0 amide bonds. The Hall–Kier alpha value is -1.39. The average molecular weight is 348 g/mol. The molecule has 1 unspecified atom stereocenters. The van der Waals surface area contributed by atoms with Crippen molar-refractivity contribution in [2.24, 2.45) is 0 Å². The molecule has 1 aliphatic heterocycles. The van der Waals surface area contributed by atoms with Crippen LogP contribution in [0.4, 0.5) is 0 Å². The van der Waals surface area contributed by atoms with Crippen LogP contribution in [0.25, 0.3) is 0 Å². The summed E-state index contributed by atoms with van der Waals surface area (Å²) in [5.41, 5.74) is 0.288. The zero-order valence-electron chi connectivity index (χ0n) is 16.6. The van der Waals surface area contributed by atoms with Crippen molar-refractivity contribution < 1.29 is 14.0 Å². The van der Waals surface area contributed by atoms with Gasteiger partial charge in [0.2, 0.25) is 0 Å². The van der Waals surface area contributed by atoms with E-state index in [2.05, 4.69) is 32.8 Å². The van der Waals surface area contributed by atoms with Crippen molar-refractivity contribution in [2.45, 2.75) is 51.7 Å². The van der Waals surface area contributed by atoms with Gasteiger partial charge in [-0.15, -0.1) is 0 Å². The summed E-state index contributed by atoms with van der Waals surface area (Å²) in [5, 5.41) is 0. The number of likely N-dealkylation sites (N-methyl/N-ethyl adjacent to an activating group) is 1. The molecule has 1 saturated heterocycles. The Bertz CT molecular complexity index is 548. The van der Waals surface area contributed by atoms with Gasteiger partial charge in [-0.25, -0.2) is 4.79 Å². The molecule has 0 N–H and O–H groups in total. The van der Waals surface area contributed by atoms with Gasteiger partial charge in [-0.2, -0.15) is 0 Å². The molecule has 1 atom stereocenters. The zero-order chi connectivity index (χ0) is 18.5. The van der Waals surface area contributed by atoms with Crippen LogP contribution in [0, 0.1) is 0 Å². The molecule has 25 heavy (non-hydrogen) atoms. The highest BCUT2D eigenvalue weighted by Gasteiger charge is 2.43. The second kappa shape index (κ2) is 8.33. The predicted octanol–water partition coefficient (Wildman–Crippen LogP) is 3.42. The first-order valence-corrected chi connectivity index (χ1v) is 9.67. The Balaban J connectivity index is 2.21. The number of esters is 1. The van der Waals surface area contributed by atoms with Gasteiger partial charge in [-0.1, -0.05) is 44.2 Å². The number of quaternary nitrogens is 1. The topological polar surface area (TPSA) is 29.5 Å². The molecule has 0 spiro atoms. The smallest absolute Gasteiger partial charge is 0.331 e. The molecule has 0 bridgehead atoms. The normalized spacial score (nSPS) is 20.2. The lowest BCUT2D eigenvalue weighted by molar-refractivity contribution is -0.896. The van der Waals surface area contributed by atoms with Crippen LogP contribution in [0.1, 0.15) is 45.6 Å². The number of ether oxygens (including phenoxy) is 1. The first-order chi connectivity index (χ1) is 11.8. The van der Waals surface area contributed by atoms with E-state index in [9.17, 15) is 4.79 Å². The van der Waals surface area contributed by atoms with Crippen LogP contribution in [0.5, 0.6) is 0 Å². The number of carbonyl (C=O) groups excluding carboxylic acids is 1. The van der Waals surface area contributed by atoms with Crippen molar-refractivity contribution in [3.63, 3.8) is 0 Å². The quantitative estimate of drug-likeness (QED) is 0.559. The van der Waals surface area contributed by atoms with Gasteiger partial charge in [0, 0.05) is 12.8 Å². The van der Waals surface area contributed by atoms with Crippen LogP contribution < -0.4 is 0 Å². The van der Waals surface area contributed by atoms with Crippen molar-refractivity contribution in [3.8, 4) is 0 Å². The summed E-state index contributed by atoms with van der Waals surface area (Å²) in [5.74, 6) is -0.105. The molecule has 0 aromatic heterocycles. The lowest BCUT2D eigenvalue weighted by atomic mass is 9.89. The summed E-state index contributed by atoms with van der Waals surface area (Å²) in [6.45, 7) is 10.1. The molecule has 1 aromatic carbocycles. The minimum Gasteiger partial charge on any atom is -0.460 e. The maximum Gasteiger partial charge on any atom is 0.331 e. The molecule has 1 aliphatic rings. The number of rotatable bonds is 7. The molecule has 0 aliphatic carbocycles. The summed E-state index contributed by atoms with van der Waals surface area (Å²) < 4.78 is 7.06. The highest BCUT2D eigenvalue weighted by molar-refractivity contribution is 5.82. The minimum absolute atomic E-state index is 0.0435. The standard InChI is InChI=1S/C21H35N2O2/c1-6-15-22(7-2)21(3,18-11-9-8-10-12-18)20(24)25-19-13-16-23(4,5)17-14-19/h8-12,19H,6-7,13-17H2,1-5H3/q+1. The molecular weight excluding hydrogens is 312 g/mol. The lowest BCUT2D eigenvalue weighted by Gasteiger charge is -2.41. The van der Waals surface area contributed by atoms with Crippen LogP contribution in [0.3, 0.4) is 0 Å². The van der Waals surface area contributed by atoms with Crippen LogP contribution in [0.15, 0.2) is 30.3 Å². The van der Waals surface area contributed by atoms with E-state index in [0.717, 1.165) is 55.5 Å². The second-order valence-electron chi connectivity index (χ2n) is 8.01. The fourth-order valence-corrected chi connectivity index (χ4v) is 3.79. The fraction of sp³-hybridized carbons (Fsp3) is 0.667. The Labute approximate surface area is 153 Å². The molecule has 140 valence electrons. The fourth-order valence-electron chi connectivity index (χ4n) is 3.79. The van der Waals surface area contributed by atoms with Crippen LogP contribution in [0.2, 0.25) is 0 Å². The van der Waals surface area contributed by atoms with Gasteiger partial charge < -0.3 is 9.22 Å². The van der Waals surface area contributed by atoms with E-state index in [1.54, 1.807) is 0 Å². The number of piperidine rings is 1. The Morgan fingerprint density at radius 2 is 1.80 bits per heavy atom. The molecule has 1 fully saturated rings. The molecule has 2 rings (SSSR count). The maximum atomic E-state index is 13.3. The van der Waals surface area contributed by atoms with E-state index in [1.165, 1.54) is 0 Å². The second-order valence-corrected chi connectivity index (χ2v) is 8.01. The third kappa shape index (κ3) is 4.62. The molecule has 1 aromatic rings. The third-order valence-electron chi connectivity index (χ3n) is 5.63. The van der Waals surface area contributed by atoms with Crippen molar-refractivity contribution in [3.05, 3.63) is 35.9 Å². The molecule has 4 nitrogen and oxygen atoms in total. The summed E-state index contributed by atoms with van der Waals surface area (Å²) in [7, 11) is 4.48. The third-order valence-corrected chi connectivity index (χ3v) is 5.63. The summed E-state index contributed by atoms with van der Waals surface area (Å²) in [4.78, 5) is 15.5. The van der Waals surface area contributed by atoms with E-state index >= 15 is 0 Å². The van der Waals surface area contributed by atoms with Crippen LogP contribution in [-0.2, 0) is 15.1 Å². The van der Waals surface area contributed by atoms with Gasteiger partial charge in [0.1, 0.15) is 11.6 Å². The SMILES string of the molecule is CCCN(CC)C(C)(C(=O)OC1CC[N+](C)(C)CC1)c1ccccc1. The van der Waals surface area contributed by atoms with Gasteiger partial charge in [-0.05, 0) is 32.0 Å². The largest absolute Gasteiger partial charge is 0.460 e. The number of carbonyl (C=O) groups is 1. The van der Waals surface area contributed by atoms with E-state index in [4.69, 9.17) is 4.74 Å². The van der Waals surface area contributed by atoms with E-state index in [-0.39, 0.29) is 12.1 Å². The van der Waals surface area contributed by atoms with Crippen molar-refractivity contribution in [1.82, 2.24) is 4.90 Å². The highest BCUT2D eigenvalue weighted by Crippen LogP contribution is 2.31. The molecule has 4 heteroatoms. The van der Waals surface area contributed by atoms with Crippen LogP contribution >= 0.6 is 0 Å². The van der Waals surface area contributed by atoms with E-state index < -0.39 is 5.54 Å². The predicted molar refractivity (Wildman–Crippen MR) is 102 cm³/mol. The molecular formula is C21H35N2O2+. The zero-order valence-corrected chi connectivity index (χ0v) is 16.6. The van der Waals surface area contributed by atoms with Gasteiger partial charge >= 0.3 is 5.97 Å². The Morgan fingerprint density at radius 1 is 1.20 bits per heavy atom. The number of hydrogen-bond donors (Lipinski definition) is 0. The first-order valence-electron chi connectivity index (χ1n) is 9.67. The Kier molecular flexibility index (Phi) is 6.64. The van der Waals surface area contributed by atoms with E-state index in [0.29, 0.717) is 0 Å². The number of benzene rings is 1. The van der Waals surface area contributed by atoms with Gasteiger partial charge in [-0.3, -0.25) is 4.90 Å². The highest BCUT2D eigenvalue weighted by atomic mass is 16.5. The maximum absolute atomic E-state index is 13.3. The number of nitrogens with zero attached hydrogens (tertiary/aromatic N) is 2. The Morgan fingerprint density at radius 3 is 2.32 bits per heavy atom. The van der Waals surface area contributed by atoms with Gasteiger partial charge in [0.15, 0.2) is 0 Å². The molecule has 1 heterocycles. The monoisotopic (exact) mass is 347 g/mol. The molecule has 0 radical (unpaired) electrons.